The van der Waals surface area contributed by atoms with Crippen LogP contribution in [0.15, 0.2) is 66.7 Å². The molecule has 196 valence electrons. The third-order valence-corrected chi connectivity index (χ3v) is 5.60. The number of nitrogens with zero attached hydrogens (tertiary/aromatic N) is 1. The minimum atomic E-state index is -2.30. The van der Waals surface area contributed by atoms with E-state index in [1.165, 1.54) is 67.6 Å². The van der Waals surface area contributed by atoms with E-state index < -0.39 is 40.9 Å². The number of carbonyl (C=O) groups is 4. The minimum Gasteiger partial charge on any atom is -0.478 e. The molecule has 38 heavy (non-hydrogen) atoms. The molecule has 0 aliphatic carbocycles. The number of nitro groups is 1. The summed E-state index contributed by atoms with van der Waals surface area (Å²) in [6.07, 6.45) is -4.50. The molecule has 0 aliphatic heterocycles. The second-order valence-corrected chi connectivity index (χ2v) is 8.62. The van der Waals surface area contributed by atoms with Crippen LogP contribution in [0.2, 0.25) is 10.0 Å². The van der Waals surface area contributed by atoms with E-state index in [4.69, 9.17) is 32.7 Å². The maximum Gasteiger partial charge on any atom is 0.349 e. The Kier molecular flexibility index (Phi) is 9.00. The summed E-state index contributed by atoms with van der Waals surface area (Å²) in [6, 6.07) is 14.2. The fraction of sp³-hybridized carbons (Fsp3) is 0.120. The molecular weight excluding hydrogens is 543 g/mol. The van der Waals surface area contributed by atoms with Crippen LogP contribution in [0.25, 0.3) is 0 Å². The smallest absolute Gasteiger partial charge is 0.349 e. The molecule has 2 atom stereocenters. The summed E-state index contributed by atoms with van der Waals surface area (Å²) in [5.74, 6) is -5.27. The van der Waals surface area contributed by atoms with Crippen molar-refractivity contribution in [2.45, 2.75) is 19.1 Å². The highest BCUT2D eigenvalue weighted by Crippen LogP contribution is 2.23. The van der Waals surface area contributed by atoms with Crippen LogP contribution in [-0.4, -0.2) is 46.1 Å². The topological polar surface area (TPSA) is 162 Å². The lowest BCUT2D eigenvalue weighted by atomic mass is 10.1. The van der Waals surface area contributed by atoms with Crippen LogP contribution in [0.5, 0.6) is 0 Å². The van der Waals surface area contributed by atoms with Crippen molar-refractivity contribution in [3.8, 4) is 0 Å². The predicted octanol–water partition coefficient (Wildman–Crippen LogP) is 4.68. The molecule has 0 unspecified atom stereocenters. The molecule has 11 nitrogen and oxygen atoms in total. The van der Waals surface area contributed by atoms with Crippen LogP contribution in [0.1, 0.15) is 26.3 Å². The standard InChI is InChI=1S/C25H18Cl2N2O9/c1-13-2-11-18(29(35)36)12-19(13)28-22(30)20(37-24(33)14-3-7-16(26)8-4-14)21(23(31)32)38-25(34)15-5-9-17(27)10-6-15/h2-12,20-21H,1H3,(H,28,30)(H,31,32)/t20-,21+/m0/s1. The van der Waals surface area contributed by atoms with Gasteiger partial charge in [0, 0.05) is 22.2 Å². The molecule has 0 spiro atoms. The number of hydrogen-bond donors (Lipinski definition) is 2. The zero-order valence-electron chi connectivity index (χ0n) is 19.4. The van der Waals surface area contributed by atoms with Gasteiger partial charge in [0.15, 0.2) is 0 Å². The molecule has 13 heteroatoms. The Bertz CT molecular complexity index is 1390. The first-order valence-corrected chi connectivity index (χ1v) is 11.4. The number of nitrogens with one attached hydrogen (secondary N) is 1. The lowest BCUT2D eigenvalue weighted by Crippen LogP contribution is -2.48. The van der Waals surface area contributed by atoms with E-state index >= 15 is 0 Å². The summed E-state index contributed by atoms with van der Waals surface area (Å²) < 4.78 is 10.3. The van der Waals surface area contributed by atoms with E-state index in [2.05, 4.69) is 5.32 Å². The van der Waals surface area contributed by atoms with Gasteiger partial charge in [-0.3, -0.25) is 14.9 Å². The predicted molar refractivity (Wildman–Crippen MR) is 135 cm³/mol. The molecule has 1 amide bonds. The summed E-state index contributed by atoms with van der Waals surface area (Å²) in [6.45, 7) is 1.53. The fourth-order valence-electron chi connectivity index (χ4n) is 3.10. The Morgan fingerprint density at radius 1 is 0.842 bits per heavy atom. The van der Waals surface area contributed by atoms with Crippen LogP contribution in [0.3, 0.4) is 0 Å². The van der Waals surface area contributed by atoms with Crippen LogP contribution in [0.4, 0.5) is 11.4 Å². The van der Waals surface area contributed by atoms with Crippen molar-refractivity contribution < 1.29 is 38.7 Å². The largest absolute Gasteiger partial charge is 0.478 e. The summed E-state index contributed by atoms with van der Waals surface area (Å²) in [7, 11) is 0. The number of ether oxygens (including phenoxy) is 2. The fourth-order valence-corrected chi connectivity index (χ4v) is 3.35. The minimum absolute atomic E-state index is 0.0510. The monoisotopic (exact) mass is 560 g/mol. The first-order chi connectivity index (χ1) is 18.0. The van der Waals surface area contributed by atoms with Gasteiger partial charge < -0.3 is 19.9 Å². The van der Waals surface area contributed by atoms with Gasteiger partial charge in [-0.2, -0.15) is 0 Å². The number of nitro benzene ring substituents is 1. The average molecular weight is 561 g/mol. The zero-order valence-corrected chi connectivity index (χ0v) is 20.9. The third-order valence-electron chi connectivity index (χ3n) is 5.09. The van der Waals surface area contributed by atoms with Gasteiger partial charge >= 0.3 is 17.9 Å². The van der Waals surface area contributed by atoms with Crippen LogP contribution in [0, 0.1) is 17.0 Å². The van der Waals surface area contributed by atoms with Crippen molar-refractivity contribution in [1.29, 1.82) is 0 Å². The van der Waals surface area contributed by atoms with Crippen LogP contribution < -0.4 is 5.32 Å². The Morgan fingerprint density at radius 2 is 1.32 bits per heavy atom. The summed E-state index contributed by atoms with van der Waals surface area (Å²) in [5, 5.41) is 23.9. The van der Waals surface area contributed by atoms with E-state index in [0.29, 0.717) is 15.6 Å². The maximum absolute atomic E-state index is 13.2. The van der Waals surface area contributed by atoms with Crippen molar-refractivity contribution in [2.75, 3.05) is 5.32 Å². The Labute approximate surface area is 225 Å². The molecule has 0 saturated heterocycles. The highest BCUT2D eigenvalue weighted by molar-refractivity contribution is 6.31. The maximum atomic E-state index is 13.2. The molecule has 0 aromatic heterocycles. The molecule has 0 saturated carbocycles. The normalized spacial score (nSPS) is 12.1. The van der Waals surface area contributed by atoms with Gasteiger partial charge in [0.25, 0.3) is 11.6 Å². The molecule has 3 aromatic rings. The van der Waals surface area contributed by atoms with Gasteiger partial charge in [0.1, 0.15) is 0 Å². The first kappa shape index (κ1) is 28.1. The number of benzene rings is 3. The second-order valence-electron chi connectivity index (χ2n) is 7.75. The molecule has 3 rings (SSSR count). The van der Waals surface area contributed by atoms with Gasteiger partial charge in [-0.25, -0.2) is 14.4 Å². The number of carboxylic acids is 1. The van der Waals surface area contributed by atoms with Gasteiger partial charge in [0.05, 0.1) is 21.7 Å². The molecular formula is C25H18Cl2N2O9. The van der Waals surface area contributed by atoms with E-state index in [1.54, 1.807) is 0 Å². The number of non-ortho nitro benzene ring substituents is 1. The number of halogens is 2. The first-order valence-electron chi connectivity index (χ1n) is 10.7. The van der Waals surface area contributed by atoms with Crippen molar-refractivity contribution >= 4 is 58.4 Å². The van der Waals surface area contributed by atoms with Crippen molar-refractivity contribution in [2.24, 2.45) is 0 Å². The highest BCUT2D eigenvalue weighted by atomic mass is 35.5. The number of aryl methyl sites for hydroxylation is 1. The number of aliphatic carboxylic acids is 1. The van der Waals surface area contributed by atoms with Crippen molar-refractivity contribution in [3.05, 3.63) is 104 Å². The molecule has 2 N–H and O–H groups in total. The number of hydrogen-bond acceptors (Lipinski definition) is 8. The quantitative estimate of drug-likeness (QED) is 0.215. The molecule has 0 bridgehead atoms. The number of esters is 2. The summed E-state index contributed by atoms with van der Waals surface area (Å²) in [4.78, 5) is 61.2. The number of anilines is 1. The van der Waals surface area contributed by atoms with Gasteiger partial charge in [-0.1, -0.05) is 29.3 Å². The van der Waals surface area contributed by atoms with Gasteiger partial charge in [-0.05, 0) is 61.0 Å². The van der Waals surface area contributed by atoms with Crippen molar-refractivity contribution in [3.63, 3.8) is 0 Å². The molecule has 0 fully saturated rings. The molecule has 0 heterocycles. The number of carbonyl (C=O) groups excluding carboxylic acids is 3. The Morgan fingerprint density at radius 3 is 1.76 bits per heavy atom. The Hall–Kier alpha value is -4.48. The van der Waals surface area contributed by atoms with E-state index in [9.17, 15) is 34.4 Å². The number of rotatable bonds is 9. The van der Waals surface area contributed by atoms with Crippen molar-refractivity contribution in [1.82, 2.24) is 0 Å². The van der Waals surface area contributed by atoms with E-state index in [0.717, 1.165) is 6.07 Å². The SMILES string of the molecule is Cc1ccc([N+](=O)[O-])cc1NC(=O)[C@@H](OC(=O)c1ccc(Cl)cc1)[C@@H](OC(=O)c1ccc(Cl)cc1)C(=O)O. The highest BCUT2D eigenvalue weighted by Gasteiger charge is 2.41. The lowest BCUT2D eigenvalue weighted by molar-refractivity contribution is -0.384. The zero-order chi connectivity index (χ0) is 28.0. The molecule has 3 aromatic carbocycles. The summed E-state index contributed by atoms with van der Waals surface area (Å²) in [5.41, 5.74) is -0.184. The molecule has 0 radical (unpaired) electrons. The lowest BCUT2D eigenvalue weighted by Gasteiger charge is -2.24. The van der Waals surface area contributed by atoms with Gasteiger partial charge in [-0.15, -0.1) is 0 Å². The number of amides is 1. The Balaban J connectivity index is 1.96. The number of carboxylic acid groups (broad SMARTS) is 1. The average Bonchev–Trinajstić information content (AvgIpc) is 2.87. The third kappa shape index (κ3) is 7.05. The van der Waals surface area contributed by atoms with Crippen LogP contribution >= 0.6 is 23.2 Å². The van der Waals surface area contributed by atoms with E-state index in [-0.39, 0.29) is 22.5 Å². The second kappa shape index (κ2) is 12.2. The van der Waals surface area contributed by atoms with E-state index in [1.807, 2.05) is 0 Å². The molecule has 0 aliphatic rings. The van der Waals surface area contributed by atoms with Gasteiger partial charge in [0.2, 0.25) is 12.2 Å². The van der Waals surface area contributed by atoms with Crippen LogP contribution in [-0.2, 0) is 19.1 Å². The summed E-state index contributed by atoms with van der Waals surface area (Å²) >= 11 is 11.6.